The van der Waals surface area contributed by atoms with Crippen LogP contribution in [0.2, 0.25) is 0 Å². The van der Waals surface area contributed by atoms with Crippen molar-refractivity contribution in [3.8, 4) is 0 Å². The Kier molecular flexibility index (Phi) is 12.7. The maximum absolute atomic E-state index is 2.41. The van der Waals surface area contributed by atoms with E-state index in [-0.39, 0.29) is 0 Å². The topological polar surface area (TPSA) is 7.12 Å². The maximum atomic E-state index is 2.41. The summed E-state index contributed by atoms with van der Waals surface area (Å²) in [6, 6.07) is 17.8. The van der Waals surface area contributed by atoms with Crippen LogP contribution < -0.4 is 9.47 Å². The number of unbranched alkanes of at least 4 members (excludes halogenated alkanes) is 12. The minimum absolute atomic E-state index is 0.399. The van der Waals surface area contributed by atoms with Gasteiger partial charge in [0.05, 0.1) is 0 Å². The number of hydrogen-bond acceptors (Lipinski definition) is 1. The number of anilines is 1. The number of hydrogen-bond donors (Lipinski definition) is 0. The molecular formula is C32H47N2Se+. The van der Waals surface area contributed by atoms with Gasteiger partial charge in [-0.25, -0.2) is 0 Å². The molecule has 0 saturated carbocycles. The minimum atomic E-state index is 0.399. The van der Waals surface area contributed by atoms with E-state index in [9.17, 15) is 0 Å². The summed E-state index contributed by atoms with van der Waals surface area (Å²) >= 11 is 0.399. The summed E-state index contributed by atoms with van der Waals surface area (Å²) in [5.41, 5.74) is 3.96. The van der Waals surface area contributed by atoms with Crippen LogP contribution in [-0.4, -0.2) is 28.1 Å². The number of aryl methyl sites for hydroxylation is 1. The predicted molar refractivity (Wildman–Crippen MR) is 156 cm³/mol. The molecule has 2 aromatic carbocycles. The van der Waals surface area contributed by atoms with Gasteiger partial charge < -0.3 is 0 Å². The van der Waals surface area contributed by atoms with Crippen molar-refractivity contribution >= 4 is 42.1 Å². The first-order valence-corrected chi connectivity index (χ1v) is 15.8. The second-order valence-corrected chi connectivity index (χ2v) is 12.3. The first kappa shape index (κ1) is 27.8. The molecule has 1 aromatic heterocycles. The molecule has 0 amide bonds. The van der Waals surface area contributed by atoms with E-state index in [1.807, 2.05) is 0 Å². The molecule has 0 aliphatic rings. The molecule has 0 saturated heterocycles. The monoisotopic (exact) mass is 539 g/mol. The Bertz CT molecular complexity index is 1000. The van der Waals surface area contributed by atoms with Crippen molar-refractivity contribution in [3.05, 3.63) is 58.7 Å². The Hall–Kier alpha value is -1.83. The van der Waals surface area contributed by atoms with Crippen LogP contribution in [0.4, 0.5) is 5.69 Å². The first-order chi connectivity index (χ1) is 17.2. The Morgan fingerprint density at radius 2 is 1.29 bits per heavy atom. The Morgan fingerprint density at radius 3 is 1.89 bits per heavy atom. The van der Waals surface area contributed by atoms with Crippen LogP contribution in [-0.2, 0) is 7.05 Å². The van der Waals surface area contributed by atoms with E-state index in [0.29, 0.717) is 14.5 Å². The summed E-state index contributed by atoms with van der Waals surface area (Å²) in [7, 11) is 4.41. The number of aromatic nitrogens is 1. The summed E-state index contributed by atoms with van der Waals surface area (Å²) in [6.45, 7) is 3.44. The zero-order valence-corrected chi connectivity index (χ0v) is 24.2. The van der Waals surface area contributed by atoms with Crippen molar-refractivity contribution in [3.63, 3.8) is 0 Å². The molecule has 0 radical (unpaired) electrons. The van der Waals surface area contributed by atoms with E-state index >= 15 is 0 Å². The van der Waals surface area contributed by atoms with Crippen LogP contribution in [0.5, 0.6) is 0 Å². The fraction of sp³-hybridized carbons (Fsp3) is 0.531. The van der Waals surface area contributed by atoms with Crippen molar-refractivity contribution in [1.82, 2.24) is 0 Å². The molecule has 2 nitrogen and oxygen atoms in total. The molecular weight excluding hydrogens is 491 g/mol. The molecule has 35 heavy (non-hydrogen) atoms. The van der Waals surface area contributed by atoms with Gasteiger partial charge >= 0.3 is 150 Å². The molecule has 3 aromatic rings. The van der Waals surface area contributed by atoms with Crippen LogP contribution >= 0.6 is 0 Å². The molecule has 0 aliphatic heterocycles. The summed E-state index contributed by atoms with van der Waals surface area (Å²) in [5.74, 6) is 0. The molecule has 190 valence electrons. The van der Waals surface area contributed by atoms with Crippen molar-refractivity contribution in [2.45, 2.75) is 90.4 Å². The summed E-state index contributed by atoms with van der Waals surface area (Å²) < 4.78 is 5.23. The van der Waals surface area contributed by atoms with Crippen molar-refractivity contribution in [2.75, 3.05) is 18.5 Å². The average Bonchev–Trinajstić information content (AvgIpc) is 3.21. The third-order valence-corrected chi connectivity index (χ3v) is 9.61. The zero-order valence-electron chi connectivity index (χ0n) is 22.5. The van der Waals surface area contributed by atoms with Gasteiger partial charge in [-0.15, -0.1) is 0 Å². The molecule has 0 bridgehead atoms. The van der Waals surface area contributed by atoms with Crippen molar-refractivity contribution in [2.24, 2.45) is 7.05 Å². The standard InChI is InChI=1S/C32H47N2Se/c1-4-5-6-7-8-9-10-11-12-13-14-15-18-27-33(2)29-24-21-28(22-25-29)23-26-32-34(3)30-19-16-17-20-31(30)35-32/h16-17,19-26H,4-15,18,27H2,1-3H3/q+1. The van der Waals surface area contributed by atoms with Gasteiger partial charge in [-0.3, -0.25) is 0 Å². The van der Waals surface area contributed by atoms with Gasteiger partial charge in [-0.2, -0.15) is 0 Å². The summed E-state index contributed by atoms with van der Waals surface area (Å²) in [6.07, 6.45) is 22.9. The summed E-state index contributed by atoms with van der Waals surface area (Å²) in [5, 5.41) is 0. The Balaban J connectivity index is 1.28. The zero-order chi connectivity index (χ0) is 24.7. The molecule has 1 heterocycles. The Labute approximate surface area is 220 Å². The van der Waals surface area contributed by atoms with Crippen LogP contribution in [0, 0.1) is 0 Å². The van der Waals surface area contributed by atoms with Crippen LogP contribution in [0.1, 0.15) is 101 Å². The van der Waals surface area contributed by atoms with E-state index in [1.54, 1.807) is 0 Å². The van der Waals surface area contributed by atoms with Gasteiger partial charge in [0.15, 0.2) is 0 Å². The third kappa shape index (κ3) is 9.62. The molecule has 0 unspecified atom stereocenters. The molecule has 0 fully saturated rings. The van der Waals surface area contributed by atoms with E-state index < -0.39 is 0 Å². The molecule has 0 spiro atoms. The fourth-order valence-electron chi connectivity index (χ4n) is 4.77. The van der Waals surface area contributed by atoms with Crippen molar-refractivity contribution in [1.29, 1.82) is 0 Å². The second kappa shape index (κ2) is 16.0. The van der Waals surface area contributed by atoms with E-state index in [1.165, 1.54) is 109 Å². The molecule has 0 atom stereocenters. The number of fused-ring (bicyclic) bond motifs is 1. The van der Waals surface area contributed by atoms with Crippen molar-refractivity contribution < 1.29 is 4.57 Å². The van der Waals surface area contributed by atoms with Gasteiger partial charge in [0.2, 0.25) is 0 Å². The van der Waals surface area contributed by atoms with Crippen LogP contribution in [0.15, 0.2) is 48.5 Å². The quantitative estimate of drug-likeness (QED) is 0.0951. The predicted octanol–water partition coefficient (Wildman–Crippen LogP) is 8.42. The normalized spacial score (nSPS) is 11.6. The van der Waals surface area contributed by atoms with Crippen LogP contribution in [0.25, 0.3) is 21.9 Å². The SMILES string of the molecule is CCCCCCCCCCCCCCCN(C)c1ccc(/C=C/c2[se]c3ccccc3[n+]2C)cc1. The number of para-hydroxylation sites is 1. The molecule has 3 rings (SSSR count). The van der Waals surface area contributed by atoms with E-state index in [2.05, 4.69) is 91.2 Å². The summed E-state index contributed by atoms with van der Waals surface area (Å²) in [4.78, 5) is 2.41. The second-order valence-electron chi connectivity index (χ2n) is 10.1. The fourth-order valence-corrected chi connectivity index (χ4v) is 6.98. The molecule has 0 N–H and O–H groups in total. The number of benzene rings is 2. The van der Waals surface area contributed by atoms with Gasteiger partial charge in [0.1, 0.15) is 0 Å². The van der Waals surface area contributed by atoms with E-state index in [4.69, 9.17) is 0 Å². The number of nitrogens with zero attached hydrogens (tertiary/aromatic N) is 2. The van der Waals surface area contributed by atoms with Gasteiger partial charge in [0.25, 0.3) is 0 Å². The van der Waals surface area contributed by atoms with E-state index in [0.717, 1.165) is 6.54 Å². The molecule has 3 heteroatoms. The van der Waals surface area contributed by atoms with Crippen LogP contribution in [0.3, 0.4) is 0 Å². The average molecular weight is 539 g/mol. The molecule has 0 aliphatic carbocycles. The van der Waals surface area contributed by atoms with Gasteiger partial charge in [0, 0.05) is 0 Å². The van der Waals surface area contributed by atoms with Gasteiger partial charge in [-0.1, -0.05) is 71.1 Å². The number of rotatable bonds is 17. The third-order valence-electron chi connectivity index (χ3n) is 7.12. The first-order valence-electron chi connectivity index (χ1n) is 14.1. The van der Waals surface area contributed by atoms with Gasteiger partial charge in [-0.05, 0) is 0 Å². The Morgan fingerprint density at radius 1 is 0.714 bits per heavy atom.